The second-order valence-corrected chi connectivity index (χ2v) is 4.12. The molecular weight excluding hydrogens is 222 g/mol. The van der Waals surface area contributed by atoms with Gasteiger partial charge in [-0.15, -0.1) is 0 Å². The summed E-state index contributed by atoms with van der Waals surface area (Å²) in [4.78, 5) is 0. The summed E-state index contributed by atoms with van der Waals surface area (Å²) < 4.78 is 5.69. The largest absolute Gasteiger partial charge is 0.493 e. The predicted octanol–water partition coefficient (Wildman–Crippen LogP) is 3.25. The predicted molar refractivity (Wildman–Crippen MR) is 75.8 cm³/mol. The number of benzene rings is 2. The van der Waals surface area contributed by atoms with Crippen LogP contribution in [0, 0.1) is 0 Å². The van der Waals surface area contributed by atoms with Crippen LogP contribution in [0.25, 0.3) is 11.1 Å². The van der Waals surface area contributed by atoms with Gasteiger partial charge in [0.2, 0.25) is 0 Å². The molecule has 0 amide bonds. The van der Waals surface area contributed by atoms with Gasteiger partial charge in [-0.1, -0.05) is 42.5 Å². The van der Waals surface area contributed by atoms with Crippen LogP contribution in [0.3, 0.4) is 0 Å². The monoisotopic (exact) mass is 241 g/mol. The van der Waals surface area contributed by atoms with Crippen LogP contribution >= 0.6 is 0 Å². The Morgan fingerprint density at radius 1 is 0.944 bits per heavy atom. The molecule has 0 aliphatic carbocycles. The average molecular weight is 241 g/mol. The number of para-hydroxylation sites is 1. The molecule has 0 atom stereocenters. The summed E-state index contributed by atoms with van der Waals surface area (Å²) in [6.45, 7) is 3.34. The van der Waals surface area contributed by atoms with Crippen molar-refractivity contribution < 1.29 is 4.74 Å². The van der Waals surface area contributed by atoms with E-state index < -0.39 is 0 Å². The van der Waals surface area contributed by atoms with Crippen LogP contribution in [0.4, 0.5) is 0 Å². The normalized spacial score (nSPS) is 10.3. The Kier molecular flexibility index (Phi) is 4.37. The molecule has 0 radical (unpaired) electrons. The summed E-state index contributed by atoms with van der Waals surface area (Å²) in [7, 11) is 0. The number of hydrogen-bond donors (Lipinski definition) is 1. The first-order valence-electron chi connectivity index (χ1n) is 6.37. The minimum atomic E-state index is 0.661. The highest BCUT2D eigenvalue weighted by molar-refractivity contribution is 5.73. The van der Waals surface area contributed by atoms with Crippen molar-refractivity contribution in [3.8, 4) is 16.9 Å². The summed E-state index contributed by atoms with van der Waals surface area (Å²) in [5, 5.41) is 0. The van der Waals surface area contributed by atoms with Crippen molar-refractivity contribution in [1.82, 2.24) is 0 Å². The van der Waals surface area contributed by atoms with Crippen molar-refractivity contribution in [3.63, 3.8) is 0 Å². The Balaban J connectivity index is 2.47. The van der Waals surface area contributed by atoms with E-state index in [0.717, 1.165) is 17.7 Å². The minimum Gasteiger partial charge on any atom is -0.493 e. The number of nitrogens with two attached hydrogens (primary N) is 1. The van der Waals surface area contributed by atoms with E-state index in [0.29, 0.717) is 13.2 Å². The molecule has 0 saturated carbocycles. The van der Waals surface area contributed by atoms with Crippen molar-refractivity contribution in [2.45, 2.75) is 13.3 Å². The second kappa shape index (κ2) is 6.22. The van der Waals surface area contributed by atoms with Gasteiger partial charge in [0.15, 0.2) is 0 Å². The van der Waals surface area contributed by atoms with Crippen molar-refractivity contribution >= 4 is 0 Å². The highest BCUT2D eigenvalue weighted by Gasteiger charge is 2.08. The molecule has 0 aromatic heterocycles. The first-order chi connectivity index (χ1) is 8.86. The van der Waals surface area contributed by atoms with Crippen LogP contribution in [0.5, 0.6) is 5.75 Å². The molecule has 94 valence electrons. The van der Waals surface area contributed by atoms with Crippen LogP contribution < -0.4 is 10.5 Å². The first-order valence-corrected chi connectivity index (χ1v) is 6.37. The molecule has 0 saturated heterocycles. The molecule has 0 heterocycles. The van der Waals surface area contributed by atoms with Gasteiger partial charge in [0.05, 0.1) is 6.61 Å². The van der Waals surface area contributed by atoms with Crippen molar-refractivity contribution in [1.29, 1.82) is 0 Å². The summed E-state index contributed by atoms with van der Waals surface area (Å²) in [5.74, 6) is 0.935. The van der Waals surface area contributed by atoms with Crippen LogP contribution in [0.15, 0.2) is 48.5 Å². The SMILES string of the molecule is CCOc1ccccc1-c1ccccc1CCN. The van der Waals surface area contributed by atoms with E-state index in [9.17, 15) is 0 Å². The van der Waals surface area contributed by atoms with Crippen molar-refractivity contribution in [2.75, 3.05) is 13.2 Å². The van der Waals surface area contributed by atoms with Crippen molar-refractivity contribution in [2.24, 2.45) is 5.73 Å². The van der Waals surface area contributed by atoms with Gasteiger partial charge in [0.25, 0.3) is 0 Å². The zero-order chi connectivity index (χ0) is 12.8. The molecule has 0 aliphatic rings. The quantitative estimate of drug-likeness (QED) is 0.872. The third kappa shape index (κ3) is 2.71. The van der Waals surface area contributed by atoms with Gasteiger partial charge in [-0.05, 0) is 37.1 Å². The number of rotatable bonds is 5. The topological polar surface area (TPSA) is 35.2 Å². The Morgan fingerprint density at radius 3 is 2.33 bits per heavy atom. The highest BCUT2D eigenvalue weighted by atomic mass is 16.5. The molecule has 0 unspecified atom stereocenters. The molecule has 0 aliphatic heterocycles. The van der Waals surface area contributed by atoms with Gasteiger partial charge < -0.3 is 10.5 Å². The maximum absolute atomic E-state index is 5.69. The minimum absolute atomic E-state index is 0.661. The highest BCUT2D eigenvalue weighted by Crippen LogP contribution is 2.32. The van der Waals surface area contributed by atoms with Crippen molar-refractivity contribution in [3.05, 3.63) is 54.1 Å². The molecule has 2 rings (SSSR count). The van der Waals surface area contributed by atoms with Crippen LogP contribution in [-0.4, -0.2) is 13.2 Å². The number of ether oxygens (including phenoxy) is 1. The van der Waals surface area contributed by atoms with Crippen LogP contribution in [-0.2, 0) is 6.42 Å². The Labute approximate surface area is 108 Å². The molecule has 0 bridgehead atoms. The molecule has 2 heteroatoms. The molecule has 2 aromatic rings. The van der Waals surface area contributed by atoms with E-state index in [1.165, 1.54) is 11.1 Å². The maximum Gasteiger partial charge on any atom is 0.127 e. The zero-order valence-electron chi connectivity index (χ0n) is 10.7. The smallest absolute Gasteiger partial charge is 0.127 e. The van der Waals surface area contributed by atoms with Gasteiger partial charge >= 0.3 is 0 Å². The van der Waals surface area contributed by atoms with Gasteiger partial charge in [0, 0.05) is 5.56 Å². The van der Waals surface area contributed by atoms with E-state index in [1.807, 2.05) is 25.1 Å². The molecule has 2 aromatic carbocycles. The lowest BCUT2D eigenvalue weighted by atomic mass is 9.97. The third-order valence-electron chi connectivity index (χ3n) is 2.91. The summed E-state index contributed by atoms with van der Waals surface area (Å²) >= 11 is 0. The van der Waals surface area contributed by atoms with Gasteiger partial charge in [-0.3, -0.25) is 0 Å². The van der Waals surface area contributed by atoms with E-state index in [-0.39, 0.29) is 0 Å². The molecule has 0 spiro atoms. The second-order valence-electron chi connectivity index (χ2n) is 4.12. The summed E-state index contributed by atoms with van der Waals surface area (Å²) in [6, 6.07) is 16.5. The molecule has 2 N–H and O–H groups in total. The summed E-state index contributed by atoms with van der Waals surface area (Å²) in [6.07, 6.45) is 0.886. The number of hydrogen-bond acceptors (Lipinski definition) is 2. The molecular formula is C16H19NO. The lowest BCUT2D eigenvalue weighted by molar-refractivity contribution is 0.341. The zero-order valence-corrected chi connectivity index (χ0v) is 10.7. The lowest BCUT2D eigenvalue weighted by Crippen LogP contribution is -2.04. The van der Waals surface area contributed by atoms with Gasteiger partial charge in [0.1, 0.15) is 5.75 Å². The Hall–Kier alpha value is -1.80. The van der Waals surface area contributed by atoms with Gasteiger partial charge in [-0.2, -0.15) is 0 Å². The fourth-order valence-corrected chi connectivity index (χ4v) is 2.13. The van der Waals surface area contributed by atoms with E-state index in [1.54, 1.807) is 0 Å². The maximum atomic E-state index is 5.69. The first kappa shape index (κ1) is 12.7. The average Bonchev–Trinajstić information content (AvgIpc) is 2.41. The van der Waals surface area contributed by atoms with E-state index in [2.05, 4.69) is 30.3 Å². The molecule has 0 fully saturated rings. The molecule has 18 heavy (non-hydrogen) atoms. The van der Waals surface area contributed by atoms with Crippen LogP contribution in [0.1, 0.15) is 12.5 Å². The van der Waals surface area contributed by atoms with E-state index in [4.69, 9.17) is 10.5 Å². The Morgan fingerprint density at radius 2 is 1.61 bits per heavy atom. The fraction of sp³-hybridized carbons (Fsp3) is 0.250. The lowest BCUT2D eigenvalue weighted by Gasteiger charge is -2.13. The third-order valence-corrected chi connectivity index (χ3v) is 2.91. The van der Waals surface area contributed by atoms with Crippen LogP contribution in [0.2, 0.25) is 0 Å². The summed E-state index contributed by atoms with van der Waals surface area (Å²) in [5.41, 5.74) is 9.30. The Bertz CT molecular complexity index is 460. The van der Waals surface area contributed by atoms with E-state index >= 15 is 0 Å². The fourth-order valence-electron chi connectivity index (χ4n) is 2.13. The van der Waals surface area contributed by atoms with Gasteiger partial charge in [-0.25, -0.2) is 0 Å². The molecule has 2 nitrogen and oxygen atoms in total. The standard InChI is InChI=1S/C16H19NO/c1-2-18-16-10-6-5-9-15(16)14-8-4-3-7-13(14)11-12-17/h3-10H,2,11-12,17H2,1H3.